The number of hydrogen-bond donors (Lipinski definition) is 3. The summed E-state index contributed by atoms with van der Waals surface area (Å²) < 4.78 is 5.03. The van der Waals surface area contributed by atoms with E-state index in [4.69, 9.17) is 15.9 Å². The molecular weight excluding hydrogens is 180 g/mol. The minimum atomic E-state index is -0.191. The van der Waals surface area contributed by atoms with E-state index < -0.39 is 0 Å². The first kappa shape index (κ1) is 10.0. The smallest absolute Gasteiger partial charge is 0.206 e. The van der Waals surface area contributed by atoms with E-state index in [9.17, 15) is 0 Å². The maximum absolute atomic E-state index is 6.87. The molecule has 0 radical (unpaired) electrons. The zero-order valence-electron chi connectivity index (χ0n) is 7.82. The van der Waals surface area contributed by atoms with Gasteiger partial charge in [-0.05, 0) is 17.7 Å². The Balaban J connectivity index is 2.66. The lowest BCUT2D eigenvalue weighted by atomic mass is 10.2. The fourth-order valence-corrected chi connectivity index (χ4v) is 0.898. The van der Waals surface area contributed by atoms with Crippen LogP contribution in [-0.4, -0.2) is 19.3 Å². The van der Waals surface area contributed by atoms with E-state index in [1.165, 1.54) is 0 Å². The predicted octanol–water partition coefficient (Wildman–Crippen LogP) is 0.512. The van der Waals surface area contributed by atoms with Gasteiger partial charge in [-0.2, -0.15) is 5.10 Å². The van der Waals surface area contributed by atoms with Gasteiger partial charge >= 0.3 is 0 Å². The number of nitrogens with zero attached hydrogens (tertiary/aromatic N) is 1. The van der Waals surface area contributed by atoms with E-state index in [0.29, 0.717) is 0 Å². The molecule has 0 heterocycles. The quantitative estimate of drug-likeness (QED) is 0.370. The Morgan fingerprint density at radius 3 is 3.07 bits per heavy atom. The summed E-state index contributed by atoms with van der Waals surface area (Å²) in [4.78, 5) is 0. The van der Waals surface area contributed by atoms with E-state index >= 15 is 0 Å². The van der Waals surface area contributed by atoms with Crippen LogP contribution in [0.3, 0.4) is 0 Å². The van der Waals surface area contributed by atoms with E-state index in [1.807, 2.05) is 24.3 Å². The highest BCUT2D eigenvalue weighted by atomic mass is 16.5. The summed E-state index contributed by atoms with van der Waals surface area (Å²) in [5.41, 5.74) is 8.24. The number of nitrogens with two attached hydrogens (primary N) is 1. The summed E-state index contributed by atoms with van der Waals surface area (Å²) in [6.07, 6.45) is 1.56. The highest BCUT2D eigenvalue weighted by molar-refractivity contribution is 5.82. The molecule has 0 aliphatic carbocycles. The number of rotatable bonds is 3. The normalized spacial score (nSPS) is 10.1. The van der Waals surface area contributed by atoms with Gasteiger partial charge in [-0.15, -0.1) is 0 Å². The van der Waals surface area contributed by atoms with Gasteiger partial charge in [-0.3, -0.25) is 5.41 Å². The van der Waals surface area contributed by atoms with Crippen LogP contribution in [0.15, 0.2) is 29.4 Å². The highest BCUT2D eigenvalue weighted by Gasteiger charge is 1.91. The van der Waals surface area contributed by atoms with E-state index in [0.717, 1.165) is 11.3 Å². The van der Waals surface area contributed by atoms with Crippen LogP contribution in [0.5, 0.6) is 5.75 Å². The first-order valence-electron chi connectivity index (χ1n) is 3.99. The first-order valence-corrected chi connectivity index (χ1v) is 3.99. The van der Waals surface area contributed by atoms with Gasteiger partial charge < -0.3 is 10.5 Å². The third-order valence-corrected chi connectivity index (χ3v) is 1.49. The van der Waals surface area contributed by atoms with Gasteiger partial charge in [0.05, 0.1) is 13.3 Å². The lowest BCUT2D eigenvalue weighted by molar-refractivity contribution is 0.415. The third kappa shape index (κ3) is 3.14. The number of guanidine groups is 1. The molecule has 5 nitrogen and oxygen atoms in total. The number of nitrogens with one attached hydrogen (secondary N) is 2. The lowest BCUT2D eigenvalue weighted by Gasteiger charge is -1.99. The molecule has 0 spiro atoms. The Bertz CT molecular complexity index is 348. The molecule has 0 aromatic heterocycles. The summed E-state index contributed by atoms with van der Waals surface area (Å²) >= 11 is 0. The van der Waals surface area contributed by atoms with Crippen molar-refractivity contribution < 1.29 is 4.74 Å². The molecule has 0 atom stereocenters. The van der Waals surface area contributed by atoms with Gasteiger partial charge in [-0.1, -0.05) is 12.1 Å². The van der Waals surface area contributed by atoms with Crippen LogP contribution in [0.4, 0.5) is 0 Å². The molecule has 0 aliphatic heterocycles. The van der Waals surface area contributed by atoms with Gasteiger partial charge in [0.1, 0.15) is 5.75 Å². The number of benzene rings is 1. The molecule has 0 aliphatic rings. The largest absolute Gasteiger partial charge is 0.497 e. The van der Waals surface area contributed by atoms with Crippen molar-refractivity contribution >= 4 is 12.2 Å². The molecule has 1 aromatic rings. The number of hydrazone groups is 1. The summed E-state index contributed by atoms with van der Waals surface area (Å²) in [5.74, 6) is 0.570. The molecule has 1 rings (SSSR count). The summed E-state index contributed by atoms with van der Waals surface area (Å²) in [7, 11) is 1.60. The SMILES string of the molecule is COc1cccc(/C=N/NC(=N)N)c1. The van der Waals surface area contributed by atoms with Gasteiger partial charge in [0, 0.05) is 0 Å². The molecule has 1 aromatic carbocycles. The van der Waals surface area contributed by atoms with Crippen LogP contribution in [0.1, 0.15) is 5.56 Å². The van der Waals surface area contributed by atoms with Gasteiger partial charge in [-0.25, -0.2) is 5.43 Å². The van der Waals surface area contributed by atoms with Crippen LogP contribution in [0.25, 0.3) is 0 Å². The number of methoxy groups -OCH3 is 1. The molecule has 4 N–H and O–H groups in total. The molecule has 14 heavy (non-hydrogen) atoms. The minimum Gasteiger partial charge on any atom is -0.497 e. The van der Waals surface area contributed by atoms with Crippen LogP contribution in [-0.2, 0) is 0 Å². The predicted molar refractivity (Wildman–Crippen MR) is 55.6 cm³/mol. The maximum Gasteiger partial charge on any atom is 0.206 e. The molecule has 0 bridgehead atoms. The van der Waals surface area contributed by atoms with Crippen LogP contribution < -0.4 is 15.9 Å². The maximum atomic E-state index is 6.87. The topological polar surface area (TPSA) is 83.5 Å². The first-order chi connectivity index (χ1) is 6.72. The second-order valence-corrected chi connectivity index (χ2v) is 2.56. The summed E-state index contributed by atoms with van der Waals surface area (Å²) in [6, 6.07) is 7.39. The highest BCUT2D eigenvalue weighted by Crippen LogP contribution is 2.10. The van der Waals surface area contributed by atoms with E-state index in [1.54, 1.807) is 13.3 Å². The van der Waals surface area contributed by atoms with Crippen molar-refractivity contribution in [3.05, 3.63) is 29.8 Å². The average Bonchev–Trinajstić information content (AvgIpc) is 2.18. The number of hydrogen-bond acceptors (Lipinski definition) is 3. The Kier molecular flexibility index (Phi) is 3.49. The van der Waals surface area contributed by atoms with Crippen molar-refractivity contribution in [1.29, 1.82) is 5.41 Å². The fourth-order valence-electron chi connectivity index (χ4n) is 0.898. The number of ether oxygens (including phenoxy) is 1. The van der Waals surface area contributed by atoms with Crippen molar-refractivity contribution in [2.45, 2.75) is 0 Å². The molecule has 0 saturated heterocycles. The van der Waals surface area contributed by atoms with E-state index in [2.05, 4.69) is 10.5 Å². The molecule has 0 amide bonds. The molecule has 0 saturated carbocycles. The molecular formula is C9H12N4O. The zero-order valence-corrected chi connectivity index (χ0v) is 7.82. The molecule has 74 valence electrons. The Morgan fingerprint density at radius 1 is 1.64 bits per heavy atom. The second kappa shape index (κ2) is 4.86. The summed E-state index contributed by atoms with van der Waals surface area (Å²) in [5, 5.41) is 10.6. The van der Waals surface area contributed by atoms with Crippen LogP contribution >= 0.6 is 0 Å². The Morgan fingerprint density at radius 2 is 2.43 bits per heavy atom. The minimum absolute atomic E-state index is 0.191. The van der Waals surface area contributed by atoms with Crippen molar-refractivity contribution in [3.8, 4) is 5.75 Å². The van der Waals surface area contributed by atoms with Crippen LogP contribution in [0.2, 0.25) is 0 Å². The van der Waals surface area contributed by atoms with Crippen LogP contribution in [0, 0.1) is 5.41 Å². The Labute approximate surface area is 82.1 Å². The van der Waals surface area contributed by atoms with Gasteiger partial charge in [0.2, 0.25) is 5.96 Å². The van der Waals surface area contributed by atoms with Crippen molar-refractivity contribution in [2.75, 3.05) is 7.11 Å². The third-order valence-electron chi connectivity index (χ3n) is 1.49. The molecule has 5 heteroatoms. The fraction of sp³-hybridized carbons (Fsp3) is 0.111. The Hall–Kier alpha value is -2.04. The molecule has 0 fully saturated rings. The van der Waals surface area contributed by atoms with E-state index in [-0.39, 0.29) is 5.96 Å². The standard InChI is InChI=1S/C9H12N4O/c1-14-8-4-2-3-7(5-8)6-12-13-9(10)11/h2-6H,1H3,(H4,10,11,13)/b12-6+. The average molecular weight is 192 g/mol. The van der Waals surface area contributed by atoms with Gasteiger partial charge in [0.25, 0.3) is 0 Å². The second-order valence-electron chi connectivity index (χ2n) is 2.56. The summed E-state index contributed by atoms with van der Waals surface area (Å²) in [6.45, 7) is 0. The molecule has 0 unspecified atom stereocenters. The van der Waals surface area contributed by atoms with Crippen molar-refractivity contribution in [1.82, 2.24) is 5.43 Å². The van der Waals surface area contributed by atoms with Crippen molar-refractivity contribution in [3.63, 3.8) is 0 Å². The lowest BCUT2D eigenvalue weighted by Crippen LogP contribution is -2.25. The monoisotopic (exact) mass is 192 g/mol. The zero-order chi connectivity index (χ0) is 10.4. The van der Waals surface area contributed by atoms with Crippen molar-refractivity contribution in [2.24, 2.45) is 10.8 Å². The van der Waals surface area contributed by atoms with Gasteiger partial charge in [0.15, 0.2) is 0 Å².